The van der Waals surface area contributed by atoms with Gasteiger partial charge in [-0.3, -0.25) is 4.57 Å². The Balaban J connectivity index is 1.59. The van der Waals surface area contributed by atoms with E-state index in [0.717, 1.165) is 18.9 Å². The normalized spacial score (nSPS) is 20.5. The number of halogens is 1. The lowest BCUT2D eigenvalue weighted by Gasteiger charge is -2.20. The Bertz CT molecular complexity index is 884. The van der Waals surface area contributed by atoms with Crippen LogP contribution in [0.1, 0.15) is 23.8 Å². The summed E-state index contributed by atoms with van der Waals surface area (Å²) in [6.45, 7) is 1.96. The number of benzene rings is 1. The third-order valence-corrected chi connectivity index (χ3v) is 6.17. The number of aromatic nitrogens is 3. The zero-order chi connectivity index (χ0) is 16.5. The quantitative estimate of drug-likeness (QED) is 0.704. The molecule has 1 saturated heterocycles. The van der Waals surface area contributed by atoms with Gasteiger partial charge in [0.1, 0.15) is 12.4 Å². The van der Waals surface area contributed by atoms with Crippen LogP contribution in [-0.2, 0) is 6.67 Å². The Morgan fingerprint density at radius 3 is 3.04 bits per heavy atom. The Labute approximate surface area is 154 Å². The molecule has 1 unspecified atom stereocenters. The molecule has 0 radical (unpaired) electrons. The molecule has 2 aromatic heterocycles. The van der Waals surface area contributed by atoms with E-state index in [9.17, 15) is 0 Å². The summed E-state index contributed by atoms with van der Waals surface area (Å²) in [5.41, 5.74) is 0.949. The third-order valence-electron chi connectivity index (χ3n) is 4.54. The number of hydrogen-bond donors (Lipinski definition) is 1. The van der Waals surface area contributed by atoms with Gasteiger partial charge >= 0.3 is 0 Å². The lowest BCUT2D eigenvalue weighted by atomic mass is 10.2. The van der Waals surface area contributed by atoms with Crippen LogP contribution >= 0.6 is 35.2 Å². The van der Waals surface area contributed by atoms with Crippen LogP contribution in [0.2, 0.25) is 5.02 Å². The Morgan fingerprint density at radius 2 is 2.25 bits per heavy atom. The van der Waals surface area contributed by atoms with Gasteiger partial charge in [-0.15, -0.1) is 11.3 Å². The minimum atomic E-state index is 0.559. The molecule has 3 heterocycles. The van der Waals surface area contributed by atoms with Crippen LogP contribution in [0.3, 0.4) is 0 Å². The van der Waals surface area contributed by atoms with E-state index >= 15 is 0 Å². The molecule has 0 amide bonds. The predicted octanol–water partition coefficient (Wildman–Crippen LogP) is 3.50. The zero-order valence-corrected chi connectivity index (χ0v) is 15.4. The second kappa shape index (κ2) is 6.80. The fraction of sp³-hybridized carbons (Fsp3) is 0.294. The number of likely N-dealkylation sites (tertiary alicyclic amines) is 1. The number of hydrogen-bond acceptors (Lipinski definition) is 3. The van der Waals surface area contributed by atoms with E-state index in [4.69, 9.17) is 23.8 Å². The highest BCUT2D eigenvalue weighted by molar-refractivity contribution is 7.71. The minimum absolute atomic E-state index is 0.559. The van der Waals surface area contributed by atoms with E-state index in [2.05, 4.69) is 22.6 Å². The smallest absolute Gasteiger partial charge is 0.207 e. The maximum absolute atomic E-state index is 6.09. The highest BCUT2D eigenvalue weighted by atomic mass is 35.5. The SMILES string of the molecule is S=c1n(-c2cccc(Cl)c2)cnn1C[NH+]1CCC[C@H]1c1cccs1. The number of quaternary nitrogens is 1. The van der Waals surface area contributed by atoms with E-state index in [-0.39, 0.29) is 0 Å². The lowest BCUT2D eigenvalue weighted by Crippen LogP contribution is -3.09. The van der Waals surface area contributed by atoms with Gasteiger partial charge in [0.2, 0.25) is 4.77 Å². The van der Waals surface area contributed by atoms with Gasteiger partial charge in [0, 0.05) is 17.9 Å². The molecule has 1 aromatic carbocycles. The average Bonchev–Trinajstić information content (AvgIpc) is 3.30. The minimum Gasteiger partial charge on any atom is -0.309 e. The van der Waals surface area contributed by atoms with Crippen molar-refractivity contribution in [3.05, 3.63) is 62.8 Å². The first-order chi connectivity index (χ1) is 11.7. The summed E-state index contributed by atoms with van der Waals surface area (Å²) in [7, 11) is 0. The molecule has 0 bridgehead atoms. The molecular weight excluding hydrogens is 360 g/mol. The van der Waals surface area contributed by atoms with Gasteiger partial charge in [0.15, 0.2) is 6.67 Å². The van der Waals surface area contributed by atoms with E-state index in [1.807, 2.05) is 44.9 Å². The van der Waals surface area contributed by atoms with Crippen LogP contribution in [0.25, 0.3) is 5.69 Å². The molecule has 7 heteroatoms. The van der Waals surface area contributed by atoms with Crippen molar-refractivity contribution in [1.82, 2.24) is 14.3 Å². The van der Waals surface area contributed by atoms with Crippen molar-refractivity contribution >= 4 is 35.2 Å². The van der Waals surface area contributed by atoms with Gasteiger partial charge in [-0.05, 0) is 41.9 Å². The first-order valence-electron chi connectivity index (χ1n) is 8.01. The third kappa shape index (κ3) is 3.07. The van der Waals surface area contributed by atoms with E-state index in [1.54, 1.807) is 6.33 Å². The Morgan fingerprint density at radius 1 is 1.33 bits per heavy atom. The maximum atomic E-state index is 6.09. The number of rotatable bonds is 4. The van der Waals surface area contributed by atoms with Gasteiger partial charge in [0.05, 0.1) is 17.1 Å². The molecule has 0 spiro atoms. The van der Waals surface area contributed by atoms with Crippen molar-refractivity contribution in [3.63, 3.8) is 0 Å². The van der Waals surface area contributed by atoms with Gasteiger partial charge in [0.25, 0.3) is 0 Å². The van der Waals surface area contributed by atoms with Crippen molar-refractivity contribution < 1.29 is 4.90 Å². The number of nitrogens with one attached hydrogen (secondary N) is 1. The molecule has 1 aliphatic rings. The maximum Gasteiger partial charge on any atom is 0.207 e. The van der Waals surface area contributed by atoms with Crippen molar-refractivity contribution in [2.24, 2.45) is 0 Å². The summed E-state index contributed by atoms with van der Waals surface area (Å²) in [5, 5.41) is 7.37. The summed E-state index contributed by atoms with van der Waals surface area (Å²) in [6.07, 6.45) is 4.27. The molecule has 24 heavy (non-hydrogen) atoms. The van der Waals surface area contributed by atoms with Gasteiger partial charge in [-0.25, -0.2) is 0 Å². The summed E-state index contributed by atoms with van der Waals surface area (Å²) < 4.78 is 4.55. The van der Waals surface area contributed by atoms with Crippen LogP contribution < -0.4 is 4.90 Å². The molecule has 1 fully saturated rings. The molecule has 4 nitrogen and oxygen atoms in total. The van der Waals surface area contributed by atoms with E-state index in [1.165, 1.54) is 22.6 Å². The van der Waals surface area contributed by atoms with Crippen LogP contribution in [0, 0.1) is 4.77 Å². The summed E-state index contributed by atoms with van der Waals surface area (Å²) in [5.74, 6) is 0. The predicted molar refractivity (Wildman–Crippen MR) is 99.5 cm³/mol. The molecule has 124 valence electrons. The van der Waals surface area contributed by atoms with Crippen LogP contribution in [-0.4, -0.2) is 20.9 Å². The summed E-state index contributed by atoms with van der Waals surface area (Å²) >= 11 is 13.6. The summed E-state index contributed by atoms with van der Waals surface area (Å²) in [4.78, 5) is 2.99. The second-order valence-corrected chi connectivity index (χ2v) is 7.82. The molecule has 0 aliphatic carbocycles. The van der Waals surface area contributed by atoms with Crippen LogP contribution in [0.15, 0.2) is 48.1 Å². The Hall–Kier alpha value is -1.47. The van der Waals surface area contributed by atoms with Crippen molar-refractivity contribution in [2.45, 2.75) is 25.6 Å². The summed E-state index contributed by atoms with van der Waals surface area (Å²) in [6, 6.07) is 12.6. The Kier molecular flexibility index (Phi) is 4.54. The molecule has 3 aromatic rings. The molecule has 2 atom stereocenters. The van der Waals surface area contributed by atoms with E-state index < -0.39 is 0 Å². The highest BCUT2D eigenvalue weighted by Crippen LogP contribution is 2.23. The second-order valence-electron chi connectivity index (χ2n) is 6.04. The van der Waals surface area contributed by atoms with Crippen molar-refractivity contribution in [2.75, 3.05) is 6.54 Å². The first kappa shape index (κ1) is 16.0. The highest BCUT2D eigenvalue weighted by Gasteiger charge is 2.31. The molecule has 1 aliphatic heterocycles. The van der Waals surface area contributed by atoms with Gasteiger partial charge in [-0.1, -0.05) is 23.7 Å². The fourth-order valence-corrected chi connectivity index (χ4v) is 4.74. The van der Waals surface area contributed by atoms with Crippen LogP contribution in [0.5, 0.6) is 0 Å². The lowest BCUT2D eigenvalue weighted by molar-refractivity contribution is -0.941. The number of nitrogens with zero attached hydrogens (tertiary/aromatic N) is 3. The largest absolute Gasteiger partial charge is 0.309 e. The van der Waals surface area contributed by atoms with Crippen LogP contribution in [0.4, 0.5) is 0 Å². The molecular formula is C17H18ClN4S2+. The van der Waals surface area contributed by atoms with Gasteiger partial charge in [-0.2, -0.15) is 9.78 Å². The zero-order valence-electron chi connectivity index (χ0n) is 13.1. The average molecular weight is 378 g/mol. The topological polar surface area (TPSA) is 27.2 Å². The first-order valence-corrected chi connectivity index (χ1v) is 9.67. The fourth-order valence-electron chi connectivity index (χ4n) is 3.37. The number of thiophene rings is 1. The molecule has 1 N–H and O–H groups in total. The molecule has 0 saturated carbocycles. The van der Waals surface area contributed by atoms with Crippen molar-refractivity contribution in [3.8, 4) is 5.69 Å². The van der Waals surface area contributed by atoms with E-state index in [0.29, 0.717) is 15.8 Å². The van der Waals surface area contributed by atoms with Crippen molar-refractivity contribution in [1.29, 1.82) is 0 Å². The van der Waals surface area contributed by atoms with Gasteiger partial charge < -0.3 is 4.90 Å². The molecule has 4 rings (SSSR count). The standard InChI is InChI=1S/C17H17ClN4S2/c18-13-4-1-5-14(10-13)21-11-19-22(17(21)23)12-20-8-2-6-15(20)16-7-3-9-24-16/h1,3-5,7,9-11,15H,2,6,8,12H2/p+1/t15-/m0/s1. The monoisotopic (exact) mass is 377 g/mol.